The second-order valence-corrected chi connectivity index (χ2v) is 6.95. The van der Waals surface area contributed by atoms with Crippen molar-refractivity contribution in [1.29, 1.82) is 0 Å². The fourth-order valence-electron chi connectivity index (χ4n) is 2.27. The van der Waals surface area contributed by atoms with Crippen LogP contribution in [-0.2, 0) is 19.0 Å². The first-order valence-corrected chi connectivity index (χ1v) is 7.82. The number of hydrogen-bond donors (Lipinski definition) is 2. The van der Waals surface area contributed by atoms with E-state index in [9.17, 15) is 9.59 Å². The molecule has 0 saturated carbocycles. The van der Waals surface area contributed by atoms with Crippen LogP contribution >= 0.6 is 11.6 Å². The molecule has 1 heterocycles. The highest BCUT2D eigenvalue weighted by Crippen LogP contribution is 2.23. The van der Waals surface area contributed by atoms with Crippen LogP contribution in [0.25, 0.3) is 0 Å². The van der Waals surface area contributed by atoms with Crippen molar-refractivity contribution in [3.05, 3.63) is 51.8 Å². The third-order valence-electron chi connectivity index (χ3n) is 3.68. The van der Waals surface area contributed by atoms with Crippen LogP contribution in [0.4, 0.5) is 0 Å². The second kappa shape index (κ2) is 6.65. The summed E-state index contributed by atoms with van der Waals surface area (Å²) in [5, 5.41) is 15.3. The van der Waals surface area contributed by atoms with E-state index < -0.39 is 11.9 Å². The van der Waals surface area contributed by atoms with Gasteiger partial charge in [0.15, 0.2) is 5.69 Å². The van der Waals surface area contributed by atoms with Crippen molar-refractivity contribution in [3.8, 4) is 0 Å². The van der Waals surface area contributed by atoms with Crippen molar-refractivity contribution in [2.75, 3.05) is 0 Å². The third-order valence-corrected chi connectivity index (χ3v) is 4.04. The number of amides is 1. The van der Waals surface area contributed by atoms with Crippen LogP contribution in [0, 0.1) is 0 Å². The molecule has 0 unspecified atom stereocenters. The van der Waals surface area contributed by atoms with E-state index >= 15 is 0 Å². The number of hydrogen-bond acceptors (Lipinski definition) is 3. The molecule has 0 aliphatic rings. The summed E-state index contributed by atoms with van der Waals surface area (Å²) in [6.45, 7) is 6.71. The predicted molar refractivity (Wildman–Crippen MR) is 91.5 cm³/mol. The SMILES string of the molecule is Cn1nc(C(=O)O)c(Cl)c1C(=O)NCc1ccc(C(C)(C)C)cc1. The lowest BCUT2D eigenvalue weighted by molar-refractivity contribution is 0.0689. The van der Waals surface area contributed by atoms with Crippen LogP contribution in [-0.4, -0.2) is 26.8 Å². The fourth-order valence-corrected chi connectivity index (χ4v) is 2.60. The molecular weight excluding hydrogens is 330 g/mol. The minimum absolute atomic E-state index is 0.0281. The lowest BCUT2D eigenvalue weighted by Crippen LogP contribution is -2.25. The molecule has 2 N–H and O–H groups in total. The Morgan fingerprint density at radius 2 is 1.83 bits per heavy atom. The fraction of sp³-hybridized carbons (Fsp3) is 0.353. The maximum Gasteiger partial charge on any atom is 0.358 e. The summed E-state index contributed by atoms with van der Waals surface area (Å²) in [6, 6.07) is 7.96. The van der Waals surface area contributed by atoms with E-state index in [0.29, 0.717) is 6.54 Å². The maximum absolute atomic E-state index is 12.3. The molecule has 0 fully saturated rings. The van der Waals surface area contributed by atoms with Crippen LogP contribution in [0.15, 0.2) is 24.3 Å². The number of benzene rings is 1. The number of aryl methyl sites for hydroxylation is 1. The lowest BCUT2D eigenvalue weighted by atomic mass is 9.87. The first kappa shape index (κ1) is 18.0. The molecule has 7 heteroatoms. The van der Waals surface area contributed by atoms with E-state index in [0.717, 1.165) is 5.56 Å². The van der Waals surface area contributed by atoms with E-state index in [1.165, 1.54) is 17.3 Å². The van der Waals surface area contributed by atoms with Gasteiger partial charge in [0.05, 0.1) is 0 Å². The zero-order valence-electron chi connectivity index (χ0n) is 14.1. The lowest BCUT2D eigenvalue weighted by Gasteiger charge is -2.19. The molecule has 1 aromatic carbocycles. The van der Waals surface area contributed by atoms with Gasteiger partial charge in [0, 0.05) is 13.6 Å². The number of rotatable bonds is 4. The Morgan fingerprint density at radius 3 is 2.29 bits per heavy atom. The maximum atomic E-state index is 12.3. The molecule has 0 aliphatic heterocycles. The summed E-state index contributed by atoms with van der Waals surface area (Å²) < 4.78 is 1.17. The van der Waals surface area contributed by atoms with Gasteiger partial charge in [0.25, 0.3) is 5.91 Å². The van der Waals surface area contributed by atoms with Gasteiger partial charge in [-0.2, -0.15) is 5.10 Å². The minimum Gasteiger partial charge on any atom is -0.476 e. The number of carboxylic acid groups (broad SMARTS) is 1. The smallest absolute Gasteiger partial charge is 0.358 e. The van der Waals surface area contributed by atoms with Crippen LogP contribution < -0.4 is 5.32 Å². The number of nitrogens with one attached hydrogen (secondary N) is 1. The summed E-state index contributed by atoms with van der Waals surface area (Å²) in [6.07, 6.45) is 0. The van der Waals surface area contributed by atoms with Gasteiger partial charge < -0.3 is 10.4 Å². The summed E-state index contributed by atoms with van der Waals surface area (Å²) >= 11 is 5.95. The molecule has 0 radical (unpaired) electrons. The summed E-state index contributed by atoms with van der Waals surface area (Å²) in [7, 11) is 1.48. The highest BCUT2D eigenvalue weighted by atomic mass is 35.5. The second-order valence-electron chi connectivity index (χ2n) is 6.57. The standard InChI is InChI=1S/C17H20ClN3O3/c1-17(2,3)11-7-5-10(6-8-11)9-19-15(22)14-12(18)13(16(23)24)20-21(14)4/h5-8H,9H2,1-4H3,(H,19,22)(H,23,24). The molecule has 1 aromatic heterocycles. The monoisotopic (exact) mass is 349 g/mol. The zero-order chi connectivity index (χ0) is 18.1. The number of carbonyl (C=O) groups excluding carboxylic acids is 1. The van der Waals surface area contributed by atoms with Crippen LogP contribution in [0.2, 0.25) is 5.02 Å². The topological polar surface area (TPSA) is 84.2 Å². The van der Waals surface area contributed by atoms with Gasteiger partial charge in [0.1, 0.15) is 10.7 Å². The number of halogens is 1. The highest BCUT2D eigenvalue weighted by Gasteiger charge is 2.24. The van der Waals surface area contributed by atoms with Gasteiger partial charge in [-0.15, -0.1) is 0 Å². The molecule has 0 aliphatic carbocycles. The van der Waals surface area contributed by atoms with Gasteiger partial charge in [-0.05, 0) is 16.5 Å². The Bertz CT molecular complexity index is 774. The van der Waals surface area contributed by atoms with Crippen LogP contribution in [0.3, 0.4) is 0 Å². The number of aromatic carboxylic acids is 1. The van der Waals surface area contributed by atoms with E-state index in [-0.39, 0.29) is 21.8 Å². The molecule has 0 saturated heterocycles. The Kier molecular flexibility index (Phi) is 4.99. The average molecular weight is 350 g/mol. The Hall–Kier alpha value is -2.34. The molecule has 128 valence electrons. The molecule has 6 nitrogen and oxygen atoms in total. The van der Waals surface area contributed by atoms with Gasteiger partial charge in [0.2, 0.25) is 0 Å². The van der Waals surface area contributed by atoms with Crippen molar-refractivity contribution in [3.63, 3.8) is 0 Å². The predicted octanol–water partition coefficient (Wildman–Crippen LogP) is 3.00. The Balaban J connectivity index is 2.10. The van der Waals surface area contributed by atoms with E-state index in [1.807, 2.05) is 24.3 Å². The average Bonchev–Trinajstić information content (AvgIpc) is 2.79. The summed E-state index contributed by atoms with van der Waals surface area (Å²) in [4.78, 5) is 23.3. The number of carboxylic acids is 1. The minimum atomic E-state index is -1.27. The zero-order valence-corrected chi connectivity index (χ0v) is 14.8. The molecule has 24 heavy (non-hydrogen) atoms. The Labute approximate surface area is 145 Å². The highest BCUT2D eigenvalue weighted by molar-refractivity contribution is 6.36. The summed E-state index contributed by atoms with van der Waals surface area (Å²) in [5.41, 5.74) is 1.91. The number of carbonyl (C=O) groups is 2. The molecule has 1 amide bonds. The first-order valence-electron chi connectivity index (χ1n) is 7.44. The third kappa shape index (κ3) is 3.76. The number of aromatic nitrogens is 2. The van der Waals surface area contributed by atoms with E-state index in [4.69, 9.17) is 16.7 Å². The van der Waals surface area contributed by atoms with E-state index in [1.54, 1.807) is 0 Å². The first-order chi connectivity index (χ1) is 11.1. The quantitative estimate of drug-likeness (QED) is 0.888. The van der Waals surface area contributed by atoms with Crippen molar-refractivity contribution < 1.29 is 14.7 Å². The van der Waals surface area contributed by atoms with Crippen LogP contribution in [0.1, 0.15) is 52.9 Å². The van der Waals surface area contributed by atoms with Gasteiger partial charge in [-0.1, -0.05) is 56.6 Å². The van der Waals surface area contributed by atoms with Gasteiger partial charge >= 0.3 is 5.97 Å². The Morgan fingerprint density at radius 1 is 1.25 bits per heavy atom. The number of nitrogens with zero attached hydrogens (tertiary/aromatic N) is 2. The molecule has 0 atom stereocenters. The molecule has 0 bridgehead atoms. The normalized spacial score (nSPS) is 11.4. The van der Waals surface area contributed by atoms with Crippen LogP contribution in [0.5, 0.6) is 0 Å². The molecule has 2 rings (SSSR count). The molecule has 2 aromatic rings. The molecular formula is C17H20ClN3O3. The van der Waals surface area contributed by atoms with Gasteiger partial charge in [-0.3, -0.25) is 9.48 Å². The van der Waals surface area contributed by atoms with Crippen molar-refractivity contribution in [2.45, 2.75) is 32.7 Å². The molecule has 0 spiro atoms. The van der Waals surface area contributed by atoms with E-state index in [2.05, 4.69) is 31.2 Å². The van der Waals surface area contributed by atoms with Crippen molar-refractivity contribution >= 4 is 23.5 Å². The van der Waals surface area contributed by atoms with Crippen molar-refractivity contribution in [2.24, 2.45) is 7.05 Å². The largest absolute Gasteiger partial charge is 0.476 e. The van der Waals surface area contributed by atoms with Crippen molar-refractivity contribution in [1.82, 2.24) is 15.1 Å². The summed E-state index contributed by atoms with van der Waals surface area (Å²) in [5.74, 6) is -1.74. The van der Waals surface area contributed by atoms with Gasteiger partial charge in [-0.25, -0.2) is 4.79 Å².